The Morgan fingerprint density at radius 2 is 1.88 bits per heavy atom. The molecule has 34 heavy (non-hydrogen) atoms. The molecule has 4 N–H and O–H groups in total. The van der Waals surface area contributed by atoms with Crippen molar-refractivity contribution in [1.82, 2.24) is 10.2 Å². The lowest BCUT2D eigenvalue weighted by Crippen LogP contribution is -2.56. The van der Waals surface area contributed by atoms with E-state index >= 15 is 0 Å². The SMILES string of the molecule is CO[C@@H](C(=O)NC1Cc2ccccc2[C@H]2CCCCN2C1=O)[C@H](O)[C@@H](O)[C@H](O)C=CC(C)(C)C. The van der Waals surface area contributed by atoms with Crippen LogP contribution in [0.2, 0.25) is 0 Å². The Bertz CT molecular complexity index is 896. The number of carbonyl (C=O) groups excluding carboxylic acids is 2. The minimum Gasteiger partial charge on any atom is -0.387 e. The zero-order valence-corrected chi connectivity index (χ0v) is 20.5. The van der Waals surface area contributed by atoms with E-state index in [9.17, 15) is 24.9 Å². The summed E-state index contributed by atoms with van der Waals surface area (Å²) in [7, 11) is 1.24. The number of nitrogens with one attached hydrogen (secondary N) is 1. The zero-order chi connectivity index (χ0) is 25.0. The van der Waals surface area contributed by atoms with Crippen LogP contribution >= 0.6 is 0 Å². The minimum absolute atomic E-state index is 0.00487. The molecule has 1 fully saturated rings. The van der Waals surface area contributed by atoms with Gasteiger partial charge < -0.3 is 30.3 Å². The van der Waals surface area contributed by atoms with Crippen molar-refractivity contribution >= 4 is 11.8 Å². The lowest BCUT2D eigenvalue weighted by atomic mass is 9.92. The zero-order valence-electron chi connectivity index (χ0n) is 20.5. The number of hydrogen-bond donors (Lipinski definition) is 4. The van der Waals surface area contributed by atoms with Crippen molar-refractivity contribution in [3.05, 3.63) is 47.5 Å². The van der Waals surface area contributed by atoms with Crippen molar-refractivity contribution in [3.8, 4) is 0 Å². The minimum atomic E-state index is -1.69. The van der Waals surface area contributed by atoms with Crippen molar-refractivity contribution in [2.45, 2.75) is 83.0 Å². The van der Waals surface area contributed by atoms with Gasteiger partial charge in [-0.15, -0.1) is 0 Å². The van der Waals surface area contributed by atoms with E-state index in [2.05, 4.69) is 5.32 Å². The van der Waals surface area contributed by atoms with Crippen LogP contribution in [0.4, 0.5) is 0 Å². The first-order valence-electron chi connectivity index (χ1n) is 12.0. The average molecular weight is 475 g/mol. The molecule has 0 spiro atoms. The lowest BCUT2D eigenvalue weighted by molar-refractivity contribution is -0.152. The van der Waals surface area contributed by atoms with E-state index < -0.39 is 36.4 Å². The number of carbonyl (C=O) groups is 2. The summed E-state index contributed by atoms with van der Waals surface area (Å²) in [5, 5.41) is 34.1. The van der Waals surface area contributed by atoms with Gasteiger partial charge in [-0.3, -0.25) is 9.59 Å². The van der Waals surface area contributed by atoms with Crippen LogP contribution in [-0.2, 0) is 20.7 Å². The first kappa shape index (κ1) is 26.3. The van der Waals surface area contributed by atoms with E-state index in [0.717, 1.165) is 30.4 Å². The van der Waals surface area contributed by atoms with Gasteiger partial charge in [-0.2, -0.15) is 0 Å². The van der Waals surface area contributed by atoms with Crippen molar-refractivity contribution < 1.29 is 29.6 Å². The first-order valence-corrected chi connectivity index (χ1v) is 12.0. The van der Waals surface area contributed by atoms with Gasteiger partial charge in [0.1, 0.15) is 24.4 Å². The summed E-state index contributed by atoms with van der Waals surface area (Å²) in [6, 6.07) is 7.09. The molecule has 0 aromatic heterocycles. The van der Waals surface area contributed by atoms with Gasteiger partial charge in [0, 0.05) is 20.1 Å². The van der Waals surface area contributed by atoms with E-state index in [1.54, 1.807) is 6.08 Å². The summed E-state index contributed by atoms with van der Waals surface area (Å²) in [6.45, 7) is 6.42. The number of nitrogens with zero attached hydrogens (tertiary/aromatic N) is 1. The molecule has 8 heteroatoms. The summed E-state index contributed by atoms with van der Waals surface area (Å²) in [6.07, 6.45) is 0.0862. The van der Waals surface area contributed by atoms with Gasteiger partial charge >= 0.3 is 0 Å². The standard InChI is InChI=1S/C26H38N2O6/c1-26(2,3)13-12-20(29)21(30)22(31)23(34-4)24(32)27-18-15-16-9-5-6-10-17(16)19-11-7-8-14-28(19)25(18)33/h5-6,9-10,12-13,18-23,29-31H,7-8,11,14-15H2,1-4H3,(H,27,32)/t18?,19-,20-,21+,22-,23-/m1/s1. The molecular weight excluding hydrogens is 436 g/mol. The topological polar surface area (TPSA) is 119 Å². The molecule has 0 saturated carbocycles. The summed E-state index contributed by atoms with van der Waals surface area (Å²) >= 11 is 0. The Kier molecular flexibility index (Phi) is 8.52. The number of piperidine rings is 1. The maximum atomic E-state index is 13.4. The summed E-state index contributed by atoms with van der Waals surface area (Å²) < 4.78 is 5.19. The van der Waals surface area contributed by atoms with Crippen LogP contribution in [-0.4, -0.2) is 76.1 Å². The number of rotatable bonds is 7. The number of amides is 2. The lowest BCUT2D eigenvalue weighted by Gasteiger charge is -2.36. The molecule has 2 amide bonds. The van der Waals surface area contributed by atoms with Gasteiger partial charge in [-0.1, -0.05) is 57.2 Å². The Morgan fingerprint density at radius 1 is 1.18 bits per heavy atom. The molecule has 0 aliphatic carbocycles. The maximum Gasteiger partial charge on any atom is 0.252 e. The van der Waals surface area contributed by atoms with Crippen molar-refractivity contribution in [1.29, 1.82) is 0 Å². The number of aliphatic hydroxyl groups is 3. The number of benzene rings is 1. The Hall–Kier alpha value is -2.26. The molecule has 0 bridgehead atoms. The molecule has 8 nitrogen and oxygen atoms in total. The molecule has 1 aromatic carbocycles. The van der Waals surface area contributed by atoms with Gasteiger partial charge in [-0.05, 0) is 35.8 Å². The number of aliphatic hydroxyl groups excluding tert-OH is 3. The smallest absolute Gasteiger partial charge is 0.252 e. The van der Waals surface area contributed by atoms with Crippen LogP contribution < -0.4 is 5.32 Å². The molecule has 188 valence electrons. The molecule has 1 saturated heterocycles. The van der Waals surface area contributed by atoms with Crippen LogP contribution in [0.25, 0.3) is 0 Å². The van der Waals surface area contributed by atoms with Crippen molar-refractivity contribution in [3.63, 3.8) is 0 Å². The second-order valence-electron chi connectivity index (χ2n) is 10.4. The van der Waals surface area contributed by atoms with Gasteiger partial charge in [-0.25, -0.2) is 0 Å². The molecule has 0 radical (unpaired) electrons. The normalized spacial score (nSPS) is 24.6. The van der Waals surface area contributed by atoms with E-state index in [-0.39, 0.29) is 17.4 Å². The molecule has 2 aliphatic rings. The predicted octanol–water partition coefficient (Wildman–Crippen LogP) is 1.48. The fourth-order valence-electron chi connectivity index (χ4n) is 4.72. The van der Waals surface area contributed by atoms with Crippen LogP contribution in [0, 0.1) is 5.41 Å². The number of ether oxygens (including phenoxy) is 1. The highest BCUT2D eigenvalue weighted by Gasteiger charge is 2.40. The molecule has 1 aromatic rings. The molecular formula is C26H38N2O6. The van der Waals surface area contributed by atoms with Crippen molar-refractivity contribution in [2.75, 3.05) is 13.7 Å². The maximum absolute atomic E-state index is 13.4. The largest absolute Gasteiger partial charge is 0.387 e. The molecule has 3 rings (SSSR count). The summed E-state index contributed by atoms with van der Waals surface area (Å²) in [5.74, 6) is -0.875. The third-order valence-electron chi connectivity index (χ3n) is 6.55. The quantitative estimate of drug-likeness (QED) is 0.445. The molecule has 2 heterocycles. The fraction of sp³-hybridized carbons (Fsp3) is 0.615. The van der Waals surface area contributed by atoms with Gasteiger partial charge in [0.15, 0.2) is 6.10 Å². The second-order valence-corrected chi connectivity index (χ2v) is 10.4. The van der Waals surface area contributed by atoms with Crippen molar-refractivity contribution in [2.24, 2.45) is 5.41 Å². The second kappa shape index (κ2) is 11.0. The fourth-order valence-corrected chi connectivity index (χ4v) is 4.72. The third kappa shape index (κ3) is 6.05. The number of methoxy groups -OCH3 is 1. The van der Waals surface area contributed by atoms with E-state index in [1.807, 2.05) is 49.9 Å². The highest BCUT2D eigenvalue weighted by atomic mass is 16.5. The van der Waals surface area contributed by atoms with E-state index in [1.165, 1.54) is 13.2 Å². The van der Waals surface area contributed by atoms with Crippen LogP contribution in [0.3, 0.4) is 0 Å². The number of fused-ring (bicyclic) bond motifs is 3. The van der Waals surface area contributed by atoms with E-state index in [4.69, 9.17) is 4.74 Å². The number of allylic oxidation sites excluding steroid dienone is 1. The van der Waals surface area contributed by atoms with Crippen LogP contribution in [0.1, 0.15) is 57.2 Å². The molecule has 6 atom stereocenters. The third-order valence-corrected chi connectivity index (χ3v) is 6.55. The monoisotopic (exact) mass is 474 g/mol. The average Bonchev–Trinajstić information content (AvgIpc) is 2.92. The summed E-state index contributed by atoms with van der Waals surface area (Å²) in [5.41, 5.74) is 1.89. The molecule has 2 aliphatic heterocycles. The van der Waals surface area contributed by atoms with Gasteiger partial charge in [0.2, 0.25) is 5.91 Å². The predicted molar refractivity (Wildman–Crippen MR) is 128 cm³/mol. The summed E-state index contributed by atoms with van der Waals surface area (Å²) in [4.78, 5) is 28.3. The Morgan fingerprint density at radius 3 is 2.56 bits per heavy atom. The highest BCUT2D eigenvalue weighted by molar-refractivity contribution is 5.90. The van der Waals surface area contributed by atoms with Crippen LogP contribution in [0.5, 0.6) is 0 Å². The van der Waals surface area contributed by atoms with Gasteiger partial charge in [0.25, 0.3) is 5.91 Å². The first-order chi connectivity index (χ1) is 16.0. The Balaban J connectivity index is 1.76. The highest BCUT2D eigenvalue weighted by Crippen LogP contribution is 2.36. The number of hydrogen-bond acceptors (Lipinski definition) is 6. The van der Waals surface area contributed by atoms with Gasteiger partial charge in [0.05, 0.1) is 6.04 Å². The van der Waals surface area contributed by atoms with E-state index in [0.29, 0.717) is 13.0 Å². The molecule has 1 unspecified atom stereocenters. The van der Waals surface area contributed by atoms with Crippen LogP contribution in [0.15, 0.2) is 36.4 Å². The Labute approximate surface area is 201 Å².